The first-order chi connectivity index (χ1) is 6.02. The minimum Gasteiger partial charge on any atom is -0.398 e. The molecule has 0 spiro atoms. The molecule has 4 heteroatoms. The minimum absolute atomic E-state index is 0.206. The Kier molecular flexibility index (Phi) is 1.63. The predicted octanol–water partition coefficient (Wildman–Crippen LogP) is 0.907. The topological polar surface area (TPSA) is 60.2 Å². The Morgan fingerprint density at radius 2 is 2.08 bits per heavy atom. The molecular weight excluding hydrogens is 186 g/mol. The molecule has 0 aliphatic carbocycles. The lowest BCUT2D eigenvalue weighted by Crippen LogP contribution is -2.01. The number of anilines is 1. The highest BCUT2D eigenvalue weighted by Crippen LogP contribution is 2.32. The Hall–Kier alpha value is -1.03. The molecule has 2 N–H and O–H groups in total. The fraction of sp³-hybridized carbons (Fsp3) is 0.333. The molecular formula is C9H11NO2S. The third-order valence-corrected chi connectivity index (χ3v) is 4.36. The second kappa shape index (κ2) is 2.48. The number of rotatable bonds is 0. The van der Waals surface area contributed by atoms with Gasteiger partial charge in [-0.25, -0.2) is 8.42 Å². The monoisotopic (exact) mass is 197 g/mol. The molecule has 0 aromatic heterocycles. The highest BCUT2D eigenvalue weighted by molar-refractivity contribution is 7.91. The Balaban J connectivity index is 2.85. The summed E-state index contributed by atoms with van der Waals surface area (Å²) in [5.41, 5.74) is 7.91. The van der Waals surface area contributed by atoms with Crippen molar-refractivity contribution in [2.24, 2.45) is 0 Å². The van der Waals surface area contributed by atoms with Gasteiger partial charge in [-0.15, -0.1) is 0 Å². The van der Waals surface area contributed by atoms with Crippen molar-refractivity contribution < 1.29 is 8.42 Å². The van der Waals surface area contributed by atoms with E-state index >= 15 is 0 Å². The van der Waals surface area contributed by atoms with Gasteiger partial charge in [0.15, 0.2) is 9.84 Å². The number of aryl methyl sites for hydroxylation is 1. The summed E-state index contributed by atoms with van der Waals surface area (Å²) in [6.45, 7) is 1.81. The lowest BCUT2D eigenvalue weighted by atomic mass is 10.1. The zero-order valence-corrected chi connectivity index (χ0v) is 8.19. The molecule has 1 aromatic carbocycles. The first kappa shape index (κ1) is 8.56. The summed E-state index contributed by atoms with van der Waals surface area (Å²) >= 11 is 0. The van der Waals surface area contributed by atoms with E-state index in [1.165, 1.54) is 0 Å². The van der Waals surface area contributed by atoms with Crippen molar-refractivity contribution in [3.8, 4) is 0 Å². The lowest BCUT2D eigenvalue weighted by molar-refractivity contribution is 0.599. The minimum atomic E-state index is -3.04. The highest BCUT2D eigenvalue weighted by atomic mass is 32.2. The first-order valence-electron chi connectivity index (χ1n) is 4.13. The van der Waals surface area contributed by atoms with E-state index in [9.17, 15) is 8.42 Å². The van der Waals surface area contributed by atoms with Gasteiger partial charge in [0.2, 0.25) is 0 Å². The molecule has 3 nitrogen and oxygen atoms in total. The summed E-state index contributed by atoms with van der Waals surface area (Å²) in [6, 6.07) is 3.53. The molecule has 0 radical (unpaired) electrons. The summed E-state index contributed by atoms with van der Waals surface area (Å²) in [5, 5.41) is 0. The zero-order valence-electron chi connectivity index (χ0n) is 7.37. The van der Waals surface area contributed by atoms with Gasteiger partial charge in [0.1, 0.15) is 0 Å². The summed E-state index contributed by atoms with van der Waals surface area (Å²) in [5.74, 6) is 0.206. The van der Waals surface area contributed by atoms with Crippen molar-refractivity contribution in [3.05, 3.63) is 23.3 Å². The number of nitrogens with two attached hydrogens (primary N) is 1. The summed E-state index contributed by atoms with van der Waals surface area (Å²) in [4.78, 5) is 0.465. The van der Waals surface area contributed by atoms with E-state index in [0.717, 1.165) is 11.1 Å². The molecule has 1 aromatic rings. The van der Waals surface area contributed by atoms with Crippen molar-refractivity contribution >= 4 is 15.5 Å². The molecule has 2 rings (SSSR count). The Bertz CT molecular complexity index is 463. The second-order valence-corrected chi connectivity index (χ2v) is 5.39. The average molecular weight is 197 g/mol. The van der Waals surface area contributed by atoms with E-state index < -0.39 is 9.84 Å². The molecule has 0 amide bonds. The van der Waals surface area contributed by atoms with Crippen LogP contribution >= 0.6 is 0 Å². The van der Waals surface area contributed by atoms with Gasteiger partial charge in [0, 0.05) is 5.69 Å². The van der Waals surface area contributed by atoms with Crippen LogP contribution in [-0.2, 0) is 16.3 Å². The molecule has 0 saturated carbocycles. The molecule has 70 valence electrons. The van der Waals surface area contributed by atoms with Gasteiger partial charge < -0.3 is 5.73 Å². The fourth-order valence-electron chi connectivity index (χ4n) is 1.79. The van der Waals surface area contributed by atoms with Gasteiger partial charge in [-0.05, 0) is 30.5 Å². The first-order valence-corrected chi connectivity index (χ1v) is 5.78. The van der Waals surface area contributed by atoms with Gasteiger partial charge in [-0.3, -0.25) is 0 Å². The third-order valence-electron chi connectivity index (χ3n) is 2.43. The van der Waals surface area contributed by atoms with Crippen LogP contribution in [-0.4, -0.2) is 14.2 Å². The van der Waals surface area contributed by atoms with E-state index in [1.54, 1.807) is 19.1 Å². The van der Waals surface area contributed by atoms with E-state index in [2.05, 4.69) is 0 Å². The number of hydrogen-bond acceptors (Lipinski definition) is 3. The van der Waals surface area contributed by atoms with Crippen molar-refractivity contribution in [1.82, 2.24) is 0 Å². The molecule has 0 bridgehead atoms. The zero-order chi connectivity index (χ0) is 9.64. The van der Waals surface area contributed by atoms with Crippen LogP contribution in [0, 0.1) is 6.92 Å². The second-order valence-electron chi connectivity index (χ2n) is 3.35. The summed E-state index contributed by atoms with van der Waals surface area (Å²) in [6.07, 6.45) is 0.561. The van der Waals surface area contributed by atoms with Crippen LogP contribution in [0.15, 0.2) is 17.0 Å². The maximum absolute atomic E-state index is 11.6. The van der Waals surface area contributed by atoms with Crippen LogP contribution in [0.1, 0.15) is 11.1 Å². The smallest absolute Gasteiger partial charge is 0.179 e. The maximum atomic E-state index is 11.6. The molecule has 0 fully saturated rings. The van der Waals surface area contributed by atoms with Gasteiger partial charge in [-0.2, -0.15) is 0 Å². The van der Waals surface area contributed by atoms with Crippen LogP contribution < -0.4 is 5.73 Å². The van der Waals surface area contributed by atoms with Crippen LogP contribution in [0.3, 0.4) is 0 Å². The quantitative estimate of drug-likeness (QED) is 0.629. The predicted molar refractivity (Wildman–Crippen MR) is 51.3 cm³/mol. The Morgan fingerprint density at radius 1 is 1.38 bits per heavy atom. The SMILES string of the molecule is Cc1ccc(N)c2c1S(=O)(=O)CC2. The molecule has 0 unspecified atom stereocenters. The van der Waals surface area contributed by atoms with E-state index in [1.807, 2.05) is 0 Å². The molecule has 1 heterocycles. The van der Waals surface area contributed by atoms with Crippen LogP contribution in [0.5, 0.6) is 0 Å². The van der Waals surface area contributed by atoms with Crippen LogP contribution in [0.4, 0.5) is 5.69 Å². The van der Waals surface area contributed by atoms with Crippen LogP contribution in [0.2, 0.25) is 0 Å². The number of nitrogen functional groups attached to an aromatic ring is 1. The standard InChI is InChI=1S/C9H11NO2S/c1-6-2-3-8(10)7-4-5-13(11,12)9(6)7/h2-3H,4-5,10H2,1H3. The van der Waals surface area contributed by atoms with Crippen molar-refractivity contribution in [3.63, 3.8) is 0 Å². The van der Waals surface area contributed by atoms with Crippen LogP contribution in [0.25, 0.3) is 0 Å². The number of sulfone groups is 1. The van der Waals surface area contributed by atoms with Gasteiger partial charge >= 0.3 is 0 Å². The maximum Gasteiger partial charge on any atom is 0.179 e. The third kappa shape index (κ3) is 1.13. The number of fused-ring (bicyclic) bond motifs is 1. The average Bonchev–Trinajstić information content (AvgIpc) is 2.36. The number of benzene rings is 1. The molecule has 0 saturated heterocycles. The van der Waals surface area contributed by atoms with E-state index in [-0.39, 0.29) is 5.75 Å². The van der Waals surface area contributed by atoms with Gasteiger partial charge in [0.05, 0.1) is 10.6 Å². The van der Waals surface area contributed by atoms with E-state index in [4.69, 9.17) is 5.73 Å². The molecule has 0 atom stereocenters. The normalized spacial score (nSPS) is 18.5. The molecule has 13 heavy (non-hydrogen) atoms. The van der Waals surface area contributed by atoms with Crippen molar-refractivity contribution in [2.45, 2.75) is 18.2 Å². The van der Waals surface area contributed by atoms with Crippen molar-refractivity contribution in [2.75, 3.05) is 11.5 Å². The number of hydrogen-bond donors (Lipinski definition) is 1. The Labute approximate surface area is 77.5 Å². The Morgan fingerprint density at radius 3 is 2.69 bits per heavy atom. The van der Waals surface area contributed by atoms with Crippen molar-refractivity contribution in [1.29, 1.82) is 0 Å². The molecule has 1 aliphatic heterocycles. The summed E-state index contributed by atoms with van der Waals surface area (Å²) < 4.78 is 23.1. The molecule has 1 aliphatic rings. The summed E-state index contributed by atoms with van der Waals surface area (Å²) in [7, 11) is -3.04. The van der Waals surface area contributed by atoms with Gasteiger partial charge in [-0.1, -0.05) is 6.07 Å². The van der Waals surface area contributed by atoms with E-state index in [0.29, 0.717) is 17.0 Å². The lowest BCUT2D eigenvalue weighted by Gasteiger charge is -2.05. The highest BCUT2D eigenvalue weighted by Gasteiger charge is 2.29. The fourth-order valence-corrected chi connectivity index (χ4v) is 3.62. The van der Waals surface area contributed by atoms with Gasteiger partial charge in [0.25, 0.3) is 0 Å². The largest absolute Gasteiger partial charge is 0.398 e.